The van der Waals surface area contributed by atoms with Gasteiger partial charge in [-0.1, -0.05) is 19.1 Å². The number of likely N-dealkylation sites (N-methyl/N-ethyl adjacent to an activating group) is 1. The first kappa shape index (κ1) is 17.6. The molecule has 0 aliphatic heterocycles. The zero-order valence-corrected chi connectivity index (χ0v) is 15.1. The molecule has 2 aromatic rings. The number of carbonyl (C=O) groups is 1. The smallest absolute Gasteiger partial charge is 0.248 e. The third-order valence-electron chi connectivity index (χ3n) is 3.19. The first-order chi connectivity index (χ1) is 11.0. The van der Waals surface area contributed by atoms with Gasteiger partial charge in [0.1, 0.15) is 0 Å². The van der Waals surface area contributed by atoms with E-state index in [2.05, 4.69) is 31.4 Å². The van der Waals surface area contributed by atoms with Crippen molar-refractivity contribution >= 4 is 21.8 Å². The van der Waals surface area contributed by atoms with Crippen LogP contribution in [-0.4, -0.2) is 40.1 Å². The van der Waals surface area contributed by atoms with Crippen molar-refractivity contribution < 1.29 is 9.21 Å². The van der Waals surface area contributed by atoms with Crippen molar-refractivity contribution in [3.63, 3.8) is 0 Å². The van der Waals surface area contributed by atoms with E-state index < -0.39 is 0 Å². The summed E-state index contributed by atoms with van der Waals surface area (Å²) in [5.41, 5.74) is 0.854. The fourth-order valence-electron chi connectivity index (χ4n) is 2.10. The van der Waals surface area contributed by atoms with Gasteiger partial charge in [-0.05, 0) is 48.5 Å². The van der Waals surface area contributed by atoms with Crippen molar-refractivity contribution in [1.29, 1.82) is 0 Å². The van der Waals surface area contributed by atoms with E-state index in [4.69, 9.17) is 4.42 Å². The van der Waals surface area contributed by atoms with E-state index in [-0.39, 0.29) is 11.9 Å². The molecule has 2 rings (SSSR count). The second kappa shape index (κ2) is 8.21. The van der Waals surface area contributed by atoms with Crippen LogP contribution in [0.5, 0.6) is 0 Å². The molecule has 0 unspecified atom stereocenters. The Kier molecular flexibility index (Phi) is 6.29. The highest BCUT2D eigenvalue weighted by Gasteiger charge is 2.16. The van der Waals surface area contributed by atoms with E-state index in [1.807, 2.05) is 49.9 Å². The maximum absolute atomic E-state index is 11.9. The van der Waals surface area contributed by atoms with Crippen LogP contribution in [0.3, 0.4) is 0 Å². The number of halogens is 1. The highest BCUT2D eigenvalue weighted by molar-refractivity contribution is 9.10. The van der Waals surface area contributed by atoms with Crippen molar-refractivity contribution in [2.45, 2.75) is 33.4 Å². The molecule has 1 aromatic carbocycles. The van der Waals surface area contributed by atoms with Crippen LogP contribution in [0.15, 0.2) is 33.2 Å². The summed E-state index contributed by atoms with van der Waals surface area (Å²) < 4.78 is 6.62. The molecule has 1 heterocycles. The lowest BCUT2D eigenvalue weighted by Gasteiger charge is -2.18. The van der Waals surface area contributed by atoms with E-state index in [1.54, 1.807) is 0 Å². The van der Waals surface area contributed by atoms with Gasteiger partial charge >= 0.3 is 0 Å². The first-order valence-electron chi connectivity index (χ1n) is 7.58. The predicted molar refractivity (Wildman–Crippen MR) is 91.7 cm³/mol. The van der Waals surface area contributed by atoms with Crippen LogP contribution < -0.4 is 5.32 Å². The van der Waals surface area contributed by atoms with Gasteiger partial charge in [-0.25, -0.2) is 0 Å². The number of hydrogen-bond donors (Lipinski definition) is 1. The summed E-state index contributed by atoms with van der Waals surface area (Å²) in [5.74, 6) is 0.956. The highest BCUT2D eigenvalue weighted by Crippen LogP contribution is 2.26. The van der Waals surface area contributed by atoms with Crippen molar-refractivity contribution in [3.8, 4) is 11.5 Å². The zero-order valence-electron chi connectivity index (χ0n) is 13.5. The Labute approximate surface area is 144 Å². The third-order valence-corrected chi connectivity index (χ3v) is 3.89. The molecule has 1 N–H and O–H groups in total. The molecule has 0 fully saturated rings. The Morgan fingerprint density at radius 2 is 2.09 bits per heavy atom. The monoisotopic (exact) mass is 380 g/mol. The SMILES string of the molecule is CCN(CC(=O)NC(C)C)Cc1nnc(-c2ccccc2Br)o1. The summed E-state index contributed by atoms with van der Waals surface area (Å²) in [6, 6.07) is 7.81. The van der Waals surface area contributed by atoms with Crippen molar-refractivity contribution in [2.24, 2.45) is 0 Å². The fraction of sp³-hybridized carbons (Fsp3) is 0.438. The highest BCUT2D eigenvalue weighted by atomic mass is 79.9. The van der Waals surface area contributed by atoms with Gasteiger partial charge in [0.2, 0.25) is 17.7 Å². The van der Waals surface area contributed by atoms with E-state index >= 15 is 0 Å². The zero-order chi connectivity index (χ0) is 16.8. The standard InChI is InChI=1S/C16H21BrN4O2/c1-4-21(9-14(22)18-11(2)3)10-15-19-20-16(23-15)12-7-5-6-8-13(12)17/h5-8,11H,4,9-10H2,1-3H3,(H,18,22). The van der Waals surface area contributed by atoms with Gasteiger partial charge in [-0.15, -0.1) is 10.2 Å². The van der Waals surface area contributed by atoms with Gasteiger partial charge in [-0.3, -0.25) is 9.69 Å². The molecule has 124 valence electrons. The molecule has 0 spiro atoms. The second-order valence-electron chi connectivity index (χ2n) is 5.51. The van der Waals surface area contributed by atoms with E-state index in [0.29, 0.717) is 24.9 Å². The lowest BCUT2D eigenvalue weighted by atomic mass is 10.2. The number of nitrogens with one attached hydrogen (secondary N) is 1. The largest absolute Gasteiger partial charge is 0.419 e. The Balaban J connectivity index is 2.02. The predicted octanol–water partition coefficient (Wildman–Crippen LogP) is 2.85. The summed E-state index contributed by atoms with van der Waals surface area (Å²) in [6.07, 6.45) is 0. The van der Waals surface area contributed by atoms with Crippen LogP contribution in [0.4, 0.5) is 0 Å². The summed E-state index contributed by atoms with van der Waals surface area (Å²) in [7, 11) is 0. The molecule has 0 saturated carbocycles. The molecule has 0 aliphatic carbocycles. The first-order valence-corrected chi connectivity index (χ1v) is 8.38. The summed E-state index contributed by atoms with van der Waals surface area (Å²) in [6.45, 7) is 7.35. The maximum atomic E-state index is 11.9. The molecule has 6 nitrogen and oxygen atoms in total. The molecular weight excluding hydrogens is 360 g/mol. The average molecular weight is 381 g/mol. The topological polar surface area (TPSA) is 71.3 Å². The van der Waals surface area contributed by atoms with E-state index in [0.717, 1.165) is 16.6 Å². The Hall–Kier alpha value is -1.73. The number of benzene rings is 1. The molecule has 1 amide bonds. The van der Waals surface area contributed by atoms with E-state index in [1.165, 1.54) is 0 Å². The molecule has 0 radical (unpaired) electrons. The molecule has 0 atom stereocenters. The van der Waals surface area contributed by atoms with E-state index in [9.17, 15) is 4.79 Å². The van der Waals surface area contributed by atoms with Crippen LogP contribution in [0.25, 0.3) is 11.5 Å². The number of amides is 1. The number of carbonyl (C=O) groups excluding carboxylic acids is 1. The van der Waals surface area contributed by atoms with Gasteiger partial charge < -0.3 is 9.73 Å². The Morgan fingerprint density at radius 3 is 2.74 bits per heavy atom. The lowest BCUT2D eigenvalue weighted by Crippen LogP contribution is -2.39. The summed E-state index contributed by atoms with van der Waals surface area (Å²) in [5, 5.41) is 11.0. The van der Waals surface area contributed by atoms with Crippen LogP contribution in [0, 0.1) is 0 Å². The molecule has 7 heteroatoms. The Morgan fingerprint density at radius 1 is 1.35 bits per heavy atom. The minimum Gasteiger partial charge on any atom is -0.419 e. The molecule has 1 aromatic heterocycles. The molecule has 23 heavy (non-hydrogen) atoms. The number of hydrogen-bond acceptors (Lipinski definition) is 5. The summed E-state index contributed by atoms with van der Waals surface area (Å²) in [4.78, 5) is 13.8. The van der Waals surface area contributed by atoms with Crippen molar-refractivity contribution in [1.82, 2.24) is 20.4 Å². The molecular formula is C16H21BrN4O2. The second-order valence-corrected chi connectivity index (χ2v) is 6.36. The van der Waals surface area contributed by atoms with Gasteiger partial charge in [0, 0.05) is 10.5 Å². The molecule has 0 saturated heterocycles. The van der Waals surface area contributed by atoms with Crippen LogP contribution in [0.1, 0.15) is 26.7 Å². The number of aromatic nitrogens is 2. The van der Waals surface area contributed by atoms with Crippen molar-refractivity contribution in [2.75, 3.05) is 13.1 Å². The van der Waals surface area contributed by atoms with Gasteiger partial charge in [0.25, 0.3) is 0 Å². The summed E-state index contributed by atoms with van der Waals surface area (Å²) >= 11 is 3.47. The molecule has 0 bridgehead atoms. The molecule has 0 aliphatic rings. The van der Waals surface area contributed by atoms with Gasteiger partial charge in [-0.2, -0.15) is 0 Å². The third kappa shape index (κ3) is 5.14. The average Bonchev–Trinajstić information content (AvgIpc) is 2.94. The number of rotatable bonds is 7. The van der Waals surface area contributed by atoms with Gasteiger partial charge in [0.05, 0.1) is 18.7 Å². The fourth-order valence-corrected chi connectivity index (χ4v) is 2.56. The van der Waals surface area contributed by atoms with Crippen LogP contribution in [0.2, 0.25) is 0 Å². The normalized spacial score (nSPS) is 11.2. The quantitative estimate of drug-likeness (QED) is 0.799. The Bertz CT molecular complexity index is 657. The number of nitrogens with zero attached hydrogens (tertiary/aromatic N) is 3. The van der Waals surface area contributed by atoms with Crippen LogP contribution in [-0.2, 0) is 11.3 Å². The maximum Gasteiger partial charge on any atom is 0.248 e. The minimum atomic E-state index is -0.00704. The minimum absolute atomic E-state index is 0.00704. The van der Waals surface area contributed by atoms with Crippen LogP contribution >= 0.6 is 15.9 Å². The lowest BCUT2D eigenvalue weighted by molar-refractivity contribution is -0.122. The van der Waals surface area contributed by atoms with Gasteiger partial charge in [0.15, 0.2) is 0 Å². The van der Waals surface area contributed by atoms with Crippen molar-refractivity contribution in [3.05, 3.63) is 34.6 Å².